The molecule has 0 heterocycles. The molecule has 1 nitrogen and oxygen atoms in total. The van der Waals surface area contributed by atoms with E-state index >= 15 is 0 Å². The minimum atomic E-state index is -0.574. The van der Waals surface area contributed by atoms with Gasteiger partial charge in [-0.05, 0) is 17.7 Å². The SMILES string of the molecule is CCSO/C(F)=C/c1cccc(Br)c1. The van der Waals surface area contributed by atoms with Gasteiger partial charge in [0.15, 0.2) is 0 Å². The van der Waals surface area contributed by atoms with Gasteiger partial charge in [0.05, 0.1) is 12.0 Å². The monoisotopic (exact) mass is 276 g/mol. The second-order valence-corrected chi connectivity index (χ2v) is 4.39. The Labute approximate surface area is 95.7 Å². The zero-order valence-corrected chi connectivity index (χ0v) is 10.1. The van der Waals surface area contributed by atoms with E-state index in [-0.39, 0.29) is 0 Å². The summed E-state index contributed by atoms with van der Waals surface area (Å²) in [6.07, 6.45) is 1.35. The second-order valence-electron chi connectivity index (χ2n) is 2.49. The predicted molar refractivity (Wildman–Crippen MR) is 62.4 cm³/mol. The molecule has 0 aliphatic heterocycles. The van der Waals surface area contributed by atoms with E-state index in [0.717, 1.165) is 27.8 Å². The highest BCUT2D eigenvalue weighted by Crippen LogP contribution is 2.18. The molecule has 1 aromatic rings. The first-order chi connectivity index (χ1) is 6.72. The Morgan fingerprint density at radius 1 is 1.64 bits per heavy atom. The Morgan fingerprint density at radius 3 is 3.07 bits per heavy atom. The van der Waals surface area contributed by atoms with Crippen LogP contribution in [-0.4, -0.2) is 5.75 Å². The molecule has 0 spiro atoms. The quantitative estimate of drug-likeness (QED) is 0.596. The van der Waals surface area contributed by atoms with Crippen LogP contribution in [0.25, 0.3) is 6.08 Å². The number of hydrogen-bond acceptors (Lipinski definition) is 2. The highest BCUT2D eigenvalue weighted by molar-refractivity contribution is 9.10. The lowest BCUT2D eigenvalue weighted by atomic mass is 10.2. The van der Waals surface area contributed by atoms with Crippen molar-refractivity contribution in [2.45, 2.75) is 6.92 Å². The molecule has 14 heavy (non-hydrogen) atoms. The van der Waals surface area contributed by atoms with E-state index in [9.17, 15) is 4.39 Å². The molecule has 1 aromatic carbocycles. The summed E-state index contributed by atoms with van der Waals surface area (Å²) in [7, 11) is 0. The van der Waals surface area contributed by atoms with Crippen molar-refractivity contribution in [3.05, 3.63) is 40.3 Å². The van der Waals surface area contributed by atoms with Gasteiger partial charge in [-0.25, -0.2) is 0 Å². The van der Waals surface area contributed by atoms with Crippen LogP contribution >= 0.6 is 28.0 Å². The van der Waals surface area contributed by atoms with Gasteiger partial charge in [-0.2, -0.15) is 4.39 Å². The maximum Gasteiger partial charge on any atom is 0.285 e. The summed E-state index contributed by atoms with van der Waals surface area (Å²) >= 11 is 4.39. The molecule has 4 heteroatoms. The number of halogens is 2. The van der Waals surface area contributed by atoms with Crippen LogP contribution in [0.15, 0.2) is 34.8 Å². The molecule has 0 aromatic heterocycles. The molecule has 0 atom stereocenters. The maximum atomic E-state index is 13.0. The zero-order chi connectivity index (χ0) is 10.4. The first-order valence-corrected chi connectivity index (χ1v) is 5.85. The van der Waals surface area contributed by atoms with E-state index in [0.29, 0.717) is 0 Å². The van der Waals surface area contributed by atoms with Crippen LogP contribution in [0.3, 0.4) is 0 Å². The van der Waals surface area contributed by atoms with Crippen molar-refractivity contribution in [2.24, 2.45) is 0 Å². The fourth-order valence-corrected chi connectivity index (χ4v) is 1.56. The third-order valence-electron chi connectivity index (χ3n) is 1.39. The van der Waals surface area contributed by atoms with Crippen molar-refractivity contribution in [3.63, 3.8) is 0 Å². The summed E-state index contributed by atoms with van der Waals surface area (Å²) in [6.45, 7) is 1.90. The number of hydrogen-bond donors (Lipinski definition) is 0. The molecule has 0 aliphatic carbocycles. The van der Waals surface area contributed by atoms with Crippen molar-refractivity contribution >= 4 is 34.0 Å². The van der Waals surface area contributed by atoms with E-state index in [1.165, 1.54) is 6.08 Å². The van der Waals surface area contributed by atoms with Crippen molar-refractivity contribution in [1.29, 1.82) is 0 Å². The highest BCUT2D eigenvalue weighted by Gasteiger charge is 1.97. The molecule has 0 N–H and O–H groups in total. The molecule has 0 bridgehead atoms. The van der Waals surface area contributed by atoms with Crippen LogP contribution in [0.1, 0.15) is 12.5 Å². The van der Waals surface area contributed by atoms with E-state index in [1.807, 2.05) is 31.2 Å². The molecule has 76 valence electrons. The van der Waals surface area contributed by atoms with Gasteiger partial charge in [0.25, 0.3) is 6.01 Å². The lowest BCUT2D eigenvalue weighted by Gasteiger charge is -1.98. The molecule has 0 amide bonds. The van der Waals surface area contributed by atoms with Gasteiger partial charge in [-0.15, -0.1) is 0 Å². The topological polar surface area (TPSA) is 9.23 Å². The fourth-order valence-electron chi connectivity index (χ4n) is 0.867. The van der Waals surface area contributed by atoms with E-state index in [2.05, 4.69) is 15.9 Å². The van der Waals surface area contributed by atoms with Crippen LogP contribution in [0.2, 0.25) is 0 Å². The molecular weight excluding hydrogens is 267 g/mol. The third-order valence-corrected chi connectivity index (χ3v) is 2.39. The standard InChI is InChI=1S/C10H10BrFOS/c1-2-14-13-10(12)7-8-4-3-5-9(11)6-8/h3-7H,2H2,1H3/b10-7+. The van der Waals surface area contributed by atoms with Crippen LogP contribution in [0, 0.1) is 0 Å². The van der Waals surface area contributed by atoms with Crippen LogP contribution in [0.4, 0.5) is 4.39 Å². The lowest BCUT2D eigenvalue weighted by molar-refractivity contribution is 0.351. The Bertz CT molecular complexity index is 328. The summed E-state index contributed by atoms with van der Waals surface area (Å²) in [5.41, 5.74) is 0.772. The van der Waals surface area contributed by atoms with Crippen molar-refractivity contribution in [3.8, 4) is 0 Å². The minimum Gasteiger partial charge on any atom is -0.397 e. The predicted octanol–water partition coefficient (Wildman–Crippen LogP) is 4.40. The summed E-state index contributed by atoms with van der Waals surface area (Å²) in [5, 5.41) is 0. The third kappa shape index (κ3) is 4.15. The van der Waals surface area contributed by atoms with Gasteiger partial charge in [0.2, 0.25) is 0 Å². The summed E-state index contributed by atoms with van der Waals surface area (Å²) < 4.78 is 18.7. The Kier molecular flexibility index (Phi) is 5.04. The smallest absolute Gasteiger partial charge is 0.285 e. The van der Waals surface area contributed by atoms with Gasteiger partial charge in [0.1, 0.15) is 0 Å². The van der Waals surface area contributed by atoms with Crippen LogP contribution < -0.4 is 0 Å². The zero-order valence-electron chi connectivity index (χ0n) is 7.67. The first kappa shape index (κ1) is 11.6. The highest BCUT2D eigenvalue weighted by atomic mass is 79.9. The molecule has 0 unspecified atom stereocenters. The van der Waals surface area contributed by atoms with Gasteiger partial charge < -0.3 is 4.18 Å². The average Bonchev–Trinajstić information content (AvgIpc) is 2.15. The van der Waals surface area contributed by atoms with Crippen LogP contribution in [0.5, 0.6) is 0 Å². The average molecular weight is 277 g/mol. The van der Waals surface area contributed by atoms with Gasteiger partial charge >= 0.3 is 0 Å². The van der Waals surface area contributed by atoms with Gasteiger partial charge in [0, 0.05) is 16.3 Å². The van der Waals surface area contributed by atoms with Crippen LogP contribution in [-0.2, 0) is 4.18 Å². The van der Waals surface area contributed by atoms with Crippen molar-refractivity contribution in [2.75, 3.05) is 5.75 Å². The molecule has 0 fully saturated rings. The molecule has 0 saturated heterocycles. The van der Waals surface area contributed by atoms with E-state index in [4.69, 9.17) is 4.18 Å². The fraction of sp³-hybridized carbons (Fsp3) is 0.200. The van der Waals surface area contributed by atoms with Crippen molar-refractivity contribution in [1.82, 2.24) is 0 Å². The Morgan fingerprint density at radius 2 is 2.43 bits per heavy atom. The normalized spacial score (nSPS) is 11.5. The molecule has 1 rings (SSSR count). The minimum absolute atomic E-state index is 0.574. The van der Waals surface area contributed by atoms with Crippen molar-refractivity contribution < 1.29 is 8.57 Å². The summed E-state index contributed by atoms with van der Waals surface area (Å²) in [6, 6.07) is 6.78. The first-order valence-electron chi connectivity index (χ1n) is 4.14. The maximum absolute atomic E-state index is 13.0. The molecular formula is C10H10BrFOS. The summed E-state index contributed by atoms with van der Waals surface area (Å²) in [5.74, 6) is 0.722. The Balaban J connectivity index is 2.66. The molecule has 0 aliphatic rings. The molecule has 0 radical (unpaired) electrons. The second kappa shape index (κ2) is 6.09. The largest absolute Gasteiger partial charge is 0.397 e. The van der Waals surface area contributed by atoms with Gasteiger partial charge in [-0.1, -0.05) is 35.0 Å². The van der Waals surface area contributed by atoms with E-state index in [1.54, 1.807) is 0 Å². The summed E-state index contributed by atoms with van der Waals surface area (Å²) in [4.78, 5) is 0. The molecule has 0 saturated carbocycles. The Hall–Kier alpha value is -0.480. The van der Waals surface area contributed by atoms with E-state index < -0.39 is 6.01 Å². The van der Waals surface area contributed by atoms with Gasteiger partial charge in [-0.3, -0.25) is 0 Å². The number of rotatable bonds is 4. The number of benzene rings is 1. The lowest BCUT2D eigenvalue weighted by Crippen LogP contribution is -1.78.